The highest BCUT2D eigenvalue weighted by Gasteiger charge is 2.40. The first-order valence-electron chi connectivity index (χ1n) is 11.2. The van der Waals surface area contributed by atoms with E-state index in [0.717, 1.165) is 23.5 Å². The number of nitrogens with zero attached hydrogens (tertiary/aromatic N) is 3. The fourth-order valence-electron chi connectivity index (χ4n) is 4.60. The van der Waals surface area contributed by atoms with Crippen LogP contribution < -0.4 is 9.64 Å². The van der Waals surface area contributed by atoms with Crippen molar-refractivity contribution in [3.63, 3.8) is 0 Å². The van der Waals surface area contributed by atoms with Gasteiger partial charge in [-0.25, -0.2) is 13.8 Å². The largest absolute Gasteiger partial charge is 0.495 e. The van der Waals surface area contributed by atoms with E-state index in [1.807, 2.05) is 0 Å². The van der Waals surface area contributed by atoms with Gasteiger partial charge in [0.2, 0.25) is 11.1 Å². The quantitative estimate of drug-likeness (QED) is 0.344. The third kappa shape index (κ3) is 4.40. The lowest BCUT2D eigenvalue weighted by molar-refractivity contribution is -0.137. The van der Waals surface area contributed by atoms with Gasteiger partial charge in [0.05, 0.1) is 24.9 Å². The lowest BCUT2D eigenvalue weighted by Gasteiger charge is -2.42. The predicted molar refractivity (Wildman–Crippen MR) is 126 cm³/mol. The maximum absolute atomic E-state index is 15.7. The molecule has 0 spiro atoms. The van der Waals surface area contributed by atoms with Crippen molar-refractivity contribution in [1.82, 2.24) is 4.90 Å². The van der Waals surface area contributed by atoms with Crippen molar-refractivity contribution in [3.8, 4) is 5.75 Å². The summed E-state index contributed by atoms with van der Waals surface area (Å²) in [6.45, 7) is 0.415. The number of likely N-dealkylation sites (tertiary alicyclic amines) is 1. The minimum absolute atomic E-state index is 0.0458. The van der Waals surface area contributed by atoms with Crippen LogP contribution in [-0.2, 0) is 18.4 Å². The van der Waals surface area contributed by atoms with E-state index in [4.69, 9.17) is 4.74 Å². The van der Waals surface area contributed by atoms with Crippen molar-refractivity contribution < 1.29 is 31.1 Å². The fourth-order valence-corrected chi connectivity index (χ4v) is 5.32. The first-order valence-corrected chi connectivity index (χ1v) is 12.0. The van der Waals surface area contributed by atoms with Crippen molar-refractivity contribution in [1.29, 1.82) is 0 Å². The number of thiophene rings is 1. The molecular formula is C25H21F6N3OS. The number of piperidine rings is 1. The fraction of sp³-hybridized carbons (Fsp3) is 0.320. The molecule has 3 aromatic rings. The van der Waals surface area contributed by atoms with E-state index < -0.39 is 28.4 Å². The molecule has 0 saturated carbocycles. The maximum Gasteiger partial charge on any atom is 0.416 e. The Labute approximate surface area is 207 Å². The van der Waals surface area contributed by atoms with Crippen LogP contribution in [0.5, 0.6) is 5.75 Å². The number of methoxy groups -OCH3 is 1. The number of hydrogen-bond acceptors (Lipinski definition) is 5. The summed E-state index contributed by atoms with van der Waals surface area (Å²) in [5, 5.41) is 1.08. The van der Waals surface area contributed by atoms with Gasteiger partial charge in [0.25, 0.3) is 0 Å². The van der Waals surface area contributed by atoms with Crippen LogP contribution in [0.3, 0.4) is 0 Å². The first-order chi connectivity index (χ1) is 17.1. The van der Waals surface area contributed by atoms with E-state index in [1.54, 1.807) is 15.2 Å². The van der Waals surface area contributed by atoms with Crippen molar-refractivity contribution in [2.75, 3.05) is 25.1 Å². The molecular weight excluding hydrogens is 504 g/mol. The molecule has 1 aromatic heterocycles. The van der Waals surface area contributed by atoms with Gasteiger partial charge in [-0.2, -0.15) is 17.6 Å². The summed E-state index contributed by atoms with van der Waals surface area (Å²) in [6.07, 6.45) is -4.49. The molecule has 3 heterocycles. The van der Waals surface area contributed by atoms with Gasteiger partial charge in [0.1, 0.15) is 22.9 Å². The molecule has 0 unspecified atom stereocenters. The van der Waals surface area contributed by atoms with Gasteiger partial charge in [0.15, 0.2) is 0 Å². The Morgan fingerprint density at radius 3 is 2.36 bits per heavy atom. The lowest BCUT2D eigenvalue weighted by Crippen LogP contribution is -2.51. The van der Waals surface area contributed by atoms with E-state index in [1.165, 1.54) is 37.4 Å². The van der Waals surface area contributed by atoms with Crippen LogP contribution in [0.1, 0.15) is 29.5 Å². The molecule has 2 aliphatic rings. The number of rotatable bonds is 3. The molecule has 2 aliphatic heterocycles. The van der Waals surface area contributed by atoms with Gasteiger partial charge in [-0.1, -0.05) is 12.1 Å². The number of aliphatic imine (C=N–C) groups is 1. The Bertz CT molecular complexity index is 1300. The Kier molecular flexibility index (Phi) is 6.14. The summed E-state index contributed by atoms with van der Waals surface area (Å²) in [7, 11) is 1.35. The summed E-state index contributed by atoms with van der Waals surface area (Å²) in [6, 6.07) is 8.38. The highest BCUT2D eigenvalue weighted by atomic mass is 32.1. The second-order valence-electron chi connectivity index (χ2n) is 8.72. The molecule has 5 rings (SSSR count). The molecule has 0 amide bonds. The molecule has 0 aliphatic carbocycles. The van der Waals surface area contributed by atoms with Gasteiger partial charge in [0, 0.05) is 36.9 Å². The molecule has 36 heavy (non-hydrogen) atoms. The molecule has 0 radical (unpaired) electrons. The average Bonchev–Trinajstić information content (AvgIpc) is 3.22. The molecule has 11 heteroatoms. The third-order valence-electron chi connectivity index (χ3n) is 6.57. The van der Waals surface area contributed by atoms with Crippen LogP contribution >= 0.6 is 11.3 Å². The number of anilines is 1. The normalized spacial score (nSPS) is 17.6. The summed E-state index contributed by atoms with van der Waals surface area (Å²) < 4.78 is 89.4. The Balaban J connectivity index is 1.51. The highest BCUT2D eigenvalue weighted by Crippen LogP contribution is 2.43. The number of benzene rings is 2. The van der Waals surface area contributed by atoms with Gasteiger partial charge in [-0.3, -0.25) is 0 Å². The zero-order chi connectivity index (χ0) is 25.7. The Morgan fingerprint density at radius 2 is 1.72 bits per heavy atom. The number of ether oxygens (including phenoxy) is 1. The molecule has 4 nitrogen and oxygen atoms in total. The number of guanidine groups is 1. The van der Waals surface area contributed by atoms with Gasteiger partial charge < -0.3 is 14.5 Å². The minimum Gasteiger partial charge on any atom is -0.495 e. The average molecular weight is 526 g/mol. The monoisotopic (exact) mass is 525 g/mol. The standard InChI is InChI=1S/C25H21F6N3OS/c1-35-20-7-4-17(25(29,30)31)12-19(20)34-13-15-14-36-22(27)21(15)32-23(34)33-10-8-24(28,9-11-33)16-2-5-18(26)6-3-16/h2-7,12,14H,8-11,13H2,1H3. The summed E-state index contributed by atoms with van der Waals surface area (Å²) in [5.41, 5.74) is -1.42. The Hall–Kier alpha value is -3.21. The third-order valence-corrected chi connectivity index (χ3v) is 7.38. The van der Waals surface area contributed by atoms with Crippen LogP contribution in [0.25, 0.3) is 0 Å². The van der Waals surface area contributed by atoms with Crippen LogP contribution in [0.4, 0.5) is 37.7 Å². The molecule has 190 valence electrons. The van der Waals surface area contributed by atoms with Gasteiger partial charge >= 0.3 is 6.18 Å². The van der Waals surface area contributed by atoms with E-state index in [2.05, 4.69) is 4.99 Å². The van der Waals surface area contributed by atoms with Crippen molar-refractivity contribution in [2.24, 2.45) is 4.99 Å². The van der Waals surface area contributed by atoms with Crippen LogP contribution in [0.2, 0.25) is 0 Å². The maximum atomic E-state index is 15.7. The predicted octanol–water partition coefficient (Wildman–Crippen LogP) is 7.02. The highest BCUT2D eigenvalue weighted by molar-refractivity contribution is 7.08. The second kappa shape index (κ2) is 9.02. The molecule has 1 saturated heterocycles. The van der Waals surface area contributed by atoms with Crippen LogP contribution in [0.15, 0.2) is 52.8 Å². The van der Waals surface area contributed by atoms with E-state index in [0.29, 0.717) is 11.1 Å². The zero-order valence-corrected chi connectivity index (χ0v) is 19.9. The molecule has 1 fully saturated rings. The first kappa shape index (κ1) is 24.5. The summed E-state index contributed by atoms with van der Waals surface area (Å²) in [4.78, 5) is 7.77. The minimum atomic E-state index is -4.58. The van der Waals surface area contributed by atoms with E-state index >= 15 is 4.39 Å². The number of alkyl halides is 4. The molecule has 0 bridgehead atoms. The second-order valence-corrected chi connectivity index (χ2v) is 9.55. The zero-order valence-electron chi connectivity index (χ0n) is 19.1. The molecule has 2 aromatic carbocycles. The summed E-state index contributed by atoms with van der Waals surface area (Å²) >= 11 is 0.861. The van der Waals surface area contributed by atoms with Crippen LogP contribution in [0, 0.1) is 10.9 Å². The smallest absolute Gasteiger partial charge is 0.416 e. The number of halogens is 6. The number of fused-ring (bicyclic) bond motifs is 1. The number of hydrogen-bond donors (Lipinski definition) is 0. The Morgan fingerprint density at radius 1 is 1.03 bits per heavy atom. The van der Waals surface area contributed by atoms with Crippen molar-refractivity contribution >= 4 is 28.7 Å². The summed E-state index contributed by atoms with van der Waals surface area (Å²) in [5.74, 6) is -0.0489. The lowest BCUT2D eigenvalue weighted by atomic mass is 9.86. The SMILES string of the molecule is COc1ccc(C(F)(F)F)cc1N1Cc2csc(F)c2N=C1N1CCC(F)(c2ccc(F)cc2)CC1. The van der Waals surface area contributed by atoms with E-state index in [-0.39, 0.29) is 55.6 Å². The van der Waals surface area contributed by atoms with Crippen molar-refractivity contribution in [2.45, 2.75) is 31.2 Å². The molecule has 0 atom stereocenters. The van der Waals surface area contributed by atoms with Gasteiger partial charge in [-0.15, -0.1) is 11.3 Å². The van der Waals surface area contributed by atoms with E-state index in [9.17, 15) is 22.0 Å². The topological polar surface area (TPSA) is 28.1 Å². The molecule has 0 N–H and O–H groups in total. The van der Waals surface area contributed by atoms with Crippen molar-refractivity contribution in [3.05, 3.63) is 75.5 Å². The van der Waals surface area contributed by atoms with Crippen LogP contribution in [-0.4, -0.2) is 31.1 Å². The van der Waals surface area contributed by atoms with Gasteiger partial charge in [-0.05, 0) is 35.9 Å².